The van der Waals surface area contributed by atoms with Crippen LogP contribution in [0.2, 0.25) is 0 Å². The Bertz CT molecular complexity index is 866. The average Bonchev–Trinajstić information content (AvgIpc) is 3.00. The first kappa shape index (κ1) is 20.5. The van der Waals surface area contributed by atoms with Crippen LogP contribution in [0.4, 0.5) is 4.79 Å². The first-order valence-corrected chi connectivity index (χ1v) is 9.08. The number of cyclic esters (lactones) is 1. The lowest BCUT2D eigenvalue weighted by Crippen LogP contribution is -2.48. The third-order valence-corrected chi connectivity index (χ3v) is 4.74. The van der Waals surface area contributed by atoms with Crippen molar-refractivity contribution in [1.29, 1.82) is 0 Å². The van der Waals surface area contributed by atoms with Crippen molar-refractivity contribution in [3.63, 3.8) is 0 Å². The summed E-state index contributed by atoms with van der Waals surface area (Å²) in [5, 5.41) is 11.7. The molecule has 0 aromatic heterocycles. The van der Waals surface area contributed by atoms with Gasteiger partial charge in [0.2, 0.25) is 5.72 Å². The van der Waals surface area contributed by atoms with Crippen molar-refractivity contribution in [3.05, 3.63) is 59.7 Å². The van der Waals surface area contributed by atoms with Crippen molar-refractivity contribution >= 4 is 12.1 Å². The highest BCUT2D eigenvalue weighted by Crippen LogP contribution is 2.47. The highest BCUT2D eigenvalue weighted by atomic mass is 16.6. The average molecular weight is 401 g/mol. The molecule has 8 heteroatoms. The van der Waals surface area contributed by atoms with Gasteiger partial charge >= 0.3 is 12.1 Å². The van der Waals surface area contributed by atoms with Crippen LogP contribution < -0.4 is 9.47 Å². The molecule has 0 aliphatic carbocycles. The van der Waals surface area contributed by atoms with Crippen LogP contribution in [0, 0.1) is 0 Å². The Hall–Kier alpha value is -3.26. The van der Waals surface area contributed by atoms with E-state index in [4.69, 9.17) is 18.9 Å². The fraction of sp³-hybridized carbons (Fsp3) is 0.333. The van der Waals surface area contributed by atoms with Crippen molar-refractivity contribution in [2.24, 2.45) is 0 Å². The fourth-order valence-electron chi connectivity index (χ4n) is 3.27. The fourth-order valence-corrected chi connectivity index (χ4v) is 3.27. The maximum absolute atomic E-state index is 12.6. The lowest BCUT2D eigenvalue weighted by molar-refractivity contribution is -0.153. The van der Waals surface area contributed by atoms with Gasteiger partial charge in [-0.1, -0.05) is 24.3 Å². The number of rotatable bonds is 7. The largest absolute Gasteiger partial charge is 0.497 e. The van der Waals surface area contributed by atoms with Crippen molar-refractivity contribution in [3.8, 4) is 11.5 Å². The molecule has 1 aliphatic heterocycles. The molecule has 2 aromatic carbocycles. The molecule has 0 spiro atoms. The van der Waals surface area contributed by atoms with E-state index in [0.29, 0.717) is 22.6 Å². The molecular formula is C21H23NO7. The van der Waals surface area contributed by atoms with Crippen LogP contribution in [0.25, 0.3) is 0 Å². The molecule has 29 heavy (non-hydrogen) atoms. The first-order chi connectivity index (χ1) is 13.9. The third-order valence-electron chi connectivity index (χ3n) is 4.74. The molecule has 1 saturated heterocycles. The summed E-state index contributed by atoms with van der Waals surface area (Å²) in [6.07, 6.45) is -1.89. The lowest BCUT2D eigenvalue weighted by atomic mass is 9.91. The van der Waals surface area contributed by atoms with Crippen LogP contribution >= 0.6 is 0 Å². The van der Waals surface area contributed by atoms with Crippen molar-refractivity contribution in [1.82, 2.24) is 4.90 Å². The number of carbonyl (C=O) groups excluding carboxylic acids is 2. The Morgan fingerprint density at radius 1 is 1.07 bits per heavy atom. The second-order valence-electron chi connectivity index (χ2n) is 6.38. The molecular weight excluding hydrogens is 378 g/mol. The number of nitrogens with zero attached hydrogens (tertiary/aromatic N) is 1. The summed E-state index contributed by atoms with van der Waals surface area (Å²) in [7, 11) is 3.07. The molecule has 1 N–H and O–H groups in total. The maximum Gasteiger partial charge on any atom is 0.413 e. The Labute approximate surface area is 168 Å². The lowest BCUT2D eigenvalue weighted by Gasteiger charge is -2.34. The highest BCUT2D eigenvalue weighted by molar-refractivity contribution is 5.80. The molecule has 1 fully saturated rings. The van der Waals surface area contributed by atoms with Crippen molar-refractivity contribution in [2.75, 3.05) is 27.4 Å². The summed E-state index contributed by atoms with van der Waals surface area (Å²) >= 11 is 0. The maximum atomic E-state index is 12.6. The van der Waals surface area contributed by atoms with E-state index in [1.165, 1.54) is 7.11 Å². The SMILES string of the molecule is CCOC(=O)CN1C(=O)O[C@@H](c2ccc(OC)cc2)[C@]1(O)c1ccc(OC)cc1. The van der Waals surface area contributed by atoms with Gasteiger partial charge in [-0.2, -0.15) is 0 Å². The standard InChI is InChI=1S/C21H23NO7/c1-4-28-18(23)13-22-20(24)29-19(14-5-9-16(26-2)10-6-14)21(22,25)15-7-11-17(27-3)12-8-15/h5-12,19,25H,4,13H2,1-3H3/t19-,21+/m0/s1. The summed E-state index contributed by atoms with van der Waals surface area (Å²) in [5.74, 6) is 0.557. The predicted molar refractivity (Wildman–Crippen MR) is 102 cm³/mol. The summed E-state index contributed by atoms with van der Waals surface area (Å²) < 4.78 is 20.8. The number of methoxy groups -OCH3 is 2. The summed E-state index contributed by atoms with van der Waals surface area (Å²) in [5.41, 5.74) is -1.01. The van der Waals surface area contributed by atoms with Crippen molar-refractivity contribution < 1.29 is 33.6 Å². The summed E-state index contributed by atoms with van der Waals surface area (Å²) in [4.78, 5) is 25.7. The summed E-state index contributed by atoms with van der Waals surface area (Å²) in [6, 6.07) is 13.3. The van der Waals surface area contributed by atoms with Gasteiger partial charge in [-0.25, -0.2) is 4.79 Å². The second kappa shape index (κ2) is 8.40. The van der Waals surface area contributed by atoms with Crippen LogP contribution in [-0.2, 0) is 20.0 Å². The zero-order valence-corrected chi connectivity index (χ0v) is 16.5. The van der Waals surface area contributed by atoms with E-state index in [2.05, 4.69) is 0 Å². The van der Waals surface area contributed by atoms with Gasteiger partial charge in [-0.3, -0.25) is 9.69 Å². The minimum Gasteiger partial charge on any atom is -0.497 e. The van der Waals surface area contributed by atoms with Gasteiger partial charge in [0.1, 0.15) is 18.0 Å². The minimum absolute atomic E-state index is 0.157. The molecule has 0 unspecified atom stereocenters. The van der Waals surface area contributed by atoms with Gasteiger partial charge in [0, 0.05) is 5.56 Å². The summed E-state index contributed by atoms with van der Waals surface area (Å²) in [6.45, 7) is 1.36. The minimum atomic E-state index is -1.93. The predicted octanol–water partition coefficient (Wildman–Crippen LogP) is 2.61. The van der Waals surface area contributed by atoms with Crippen LogP contribution in [-0.4, -0.2) is 49.4 Å². The molecule has 0 bridgehead atoms. The molecule has 154 valence electrons. The smallest absolute Gasteiger partial charge is 0.413 e. The van der Waals surface area contributed by atoms with Gasteiger partial charge < -0.3 is 24.1 Å². The van der Waals surface area contributed by atoms with Gasteiger partial charge in [0.05, 0.1) is 20.8 Å². The molecule has 8 nitrogen and oxygen atoms in total. The number of hydrogen-bond donors (Lipinski definition) is 1. The number of benzene rings is 2. The number of esters is 1. The van der Waals surface area contributed by atoms with Crippen molar-refractivity contribution in [2.45, 2.75) is 18.8 Å². The number of amides is 1. The Balaban J connectivity index is 2.05. The third kappa shape index (κ3) is 3.84. The number of carbonyl (C=O) groups is 2. The van der Waals surface area contributed by atoms with Crippen LogP contribution in [0.5, 0.6) is 11.5 Å². The Morgan fingerprint density at radius 3 is 2.14 bits per heavy atom. The van der Waals surface area contributed by atoms with E-state index in [9.17, 15) is 14.7 Å². The second-order valence-corrected chi connectivity index (χ2v) is 6.38. The normalized spacial score (nSPS) is 20.9. The first-order valence-electron chi connectivity index (χ1n) is 9.08. The van der Waals surface area contributed by atoms with Gasteiger partial charge in [0.25, 0.3) is 0 Å². The van der Waals surface area contributed by atoms with E-state index >= 15 is 0 Å². The molecule has 1 amide bonds. The van der Waals surface area contributed by atoms with Crippen LogP contribution in [0.1, 0.15) is 24.2 Å². The van der Waals surface area contributed by atoms with Gasteiger partial charge in [0.15, 0.2) is 6.10 Å². The number of hydrogen-bond acceptors (Lipinski definition) is 7. The van der Waals surface area contributed by atoms with E-state index < -0.39 is 30.4 Å². The molecule has 1 aliphatic rings. The Kier molecular flexibility index (Phi) is 5.93. The zero-order chi connectivity index (χ0) is 21.0. The van der Waals surface area contributed by atoms with Crippen LogP contribution in [0.3, 0.4) is 0 Å². The molecule has 1 heterocycles. The van der Waals surface area contributed by atoms with Gasteiger partial charge in [-0.15, -0.1) is 0 Å². The molecule has 0 saturated carbocycles. The highest BCUT2D eigenvalue weighted by Gasteiger charge is 2.56. The van der Waals surface area contributed by atoms with E-state index in [1.807, 2.05) is 0 Å². The van der Waals surface area contributed by atoms with Gasteiger partial charge in [-0.05, 0) is 36.8 Å². The molecule has 2 atom stereocenters. The topological polar surface area (TPSA) is 94.5 Å². The number of ether oxygens (including phenoxy) is 4. The van der Waals surface area contributed by atoms with E-state index in [-0.39, 0.29) is 6.61 Å². The number of aliphatic hydroxyl groups is 1. The van der Waals surface area contributed by atoms with E-state index in [1.54, 1.807) is 62.6 Å². The zero-order valence-electron chi connectivity index (χ0n) is 16.5. The van der Waals surface area contributed by atoms with Crippen LogP contribution in [0.15, 0.2) is 48.5 Å². The molecule has 0 radical (unpaired) electrons. The molecule has 3 rings (SSSR count). The quantitative estimate of drug-likeness (QED) is 0.713. The molecule has 2 aromatic rings. The van der Waals surface area contributed by atoms with E-state index in [0.717, 1.165) is 4.90 Å². The monoisotopic (exact) mass is 401 g/mol. The Morgan fingerprint density at radius 2 is 1.62 bits per heavy atom.